The molecule has 1 heterocycles. The highest BCUT2D eigenvalue weighted by atomic mass is 32.2. The zero-order chi connectivity index (χ0) is 14.7. The van der Waals surface area contributed by atoms with Crippen molar-refractivity contribution in [3.05, 3.63) is 0 Å². The summed E-state index contributed by atoms with van der Waals surface area (Å²) in [6, 6.07) is 0.316. The van der Waals surface area contributed by atoms with Crippen LogP contribution in [0.15, 0.2) is 0 Å². The first kappa shape index (κ1) is 17.3. The van der Waals surface area contributed by atoms with Crippen LogP contribution in [-0.4, -0.2) is 54.1 Å². The number of sulfonamides is 1. The molecule has 0 saturated carbocycles. The van der Waals surface area contributed by atoms with Crippen molar-refractivity contribution in [1.29, 1.82) is 0 Å². The fraction of sp³-hybridized carbons (Fsp3) is 1.00. The minimum Gasteiger partial charge on any atom is -0.313 e. The van der Waals surface area contributed by atoms with E-state index in [1.54, 1.807) is 11.2 Å². The molecule has 4 nitrogen and oxygen atoms in total. The van der Waals surface area contributed by atoms with Crippen LogP contribution < -0.4 is 5.32 Å². The van der Waals surface area contributed by atoms with Crippen LogP contribution in [0.25, 0.3) is 0 Å². The average Bonchev–Trinajstić information content (AvgIpc) is 2.47. The number of rotatable bonds is 5. The van der Waals surface area contributed by atoms with E-state index in [-0.39, 0.29) is 10.00 Å². The molecule has 0 aromatic carbocycles. The van der Waals surface area contributed by atoms with E-state index in [9.17, 15) is 8.42 Å². The van der Waals surface area contributed by atoms with Crippen molar-refractivity contribution in [1.82, 2.24) is 9.62 Å². The van der Waals surface area contributed by atoms with Gasteiger partial charge in [0.15, 0.2) is 0 Å². The molecule has 0 spiro atoms. The zero-order valence-electron chi connectivity index (χ0n) is 12.8. The Labute approximate surface area is 122 Å². The van der Waals surface area contributed by atoms with Gasteiger partial charge in [0.2, 0.25) is 10.0 Å². The Kier molecular flexibility index (Phi) is 6.17. The Morgan fingerprint density at radius 2 is 1.89 bits per heavy atom. The lowest BCUT2D eigenvalue weighted by molar-refractivity contribution is 0.406. The molecule has 0 aliphatic carbocycles. The van der Waals surface area contributed by atoms with Crippen molar-refractivity contribution in [3.8, 4) is 0 Å². The lowest BCUT2D eigenvalue weighted by Crippen LogP contribution is -2.44. The van der Waals surface area contributed by atoms with Gasteiger partial charge in [0.1, 0.15) is 0 Å². The van der Waals surface area contributed by atoms with Gasteiger partial charge in [0.05, 0.1) is 5.25 Å². The van der Waals surface area contributed by atoms with Crippen LogP contribution in [0.4, 0.5) is 0 Å². The van der Waals surface area contributed by atoms with Crippen molar-refractivity contribution in [2.75, 3.05) is 25.4 Å². The Balaban J connectivity index is 2.66. The fourth-order valence-electron chi connectivity index (χ4n) is 2.02. The van der Waals surface area contributed by atoms with Gasteiger partial charge >= 0.3 is 0 Å². The van der Waals surface area contributed by atoms with Gasteiger partial charge in [-0.2, -0.15) is 11.8 Å². The van der Waals surface area contributed by atoms with Gasteiger partial charge < -0.3 is 5.32 Å². The standard InChI is InChI=1S/C13H28N2O2S2/c1-11(2)14-10-12(3)19(16,17)15-7-6-13(4,5)18-9-8-15/h11-12,14H,6-10H2,1-5H3. The van der Waals surface area contributed by atoms with Crippen molar-refractivity contribution < 1.29 is 8.42 Å². The molecule has 114 valence electrons. The van der Waals surface area contributed by atoms with Gasteiger partial charge in [-0.3, -0.25) is 0 Å². The number of nitrogens with zero attached hydrogens (tertiary/aromatic N) is 1. The molecule has 0 bridgehead atoms. The third-order valence-corrected chi connectivity index (χ3v) is 7.12. The normalized spacial score (nSPS) is 23.3. The first-order chi connectivity index (χ1) is 8.65. The van der Waals surface area contributed by atoms with Crippen LogP contribution in [-0.2, 0) is 10.0 Å². The van der Waals surface area contributed by atoms with Gasteiger partial charge in [-0.1, -0.05) is 27.7 Å². The van der Waals surface area contributed by atoms with Crippen LogP contribution in [0.1, 0.15) is 41.0 Å². The maximum absolute atomic E-state index is 12.5. The molecule has 1 atom stereocenters. The van der Waals surface area contributed by atoms with E-state index in [1.807, 2.05) is 25.6 Å². The molecular formula is C13H28N2O2S2. The van der Waals surface area contributed by atoms with Crippen LogP contribution >= 0.6 is 11.8 Å². The van der Waals surface area contributed by atoms with Crippen molar-refractivity contribution in [2.24, 2.45) is 0 Å². The van der Waals surface area contributed by atoms with Gasteiger partial charge in [-0.05, 0) is 13.3 Å². The molecule has 0 amide bonds. The molecule has 1 fully saturated rings. The smallest absolute Gasteiger partial charge is 0.217 e. The first-order valence-electron chi connectivity index (χ1n) is 7.01. The average molecular weight is 309 g/mol. The maximum Gasteiger partial charge on any atom is 0.217 e. The predicted molar refractivity (Wildman–Crippen MR) is 84.2 cm³/mol. The van der Waals surface area contributed by atoms with Gasteiger partial charge in [-0.25, -0.2) is 12.7 Å². The highest BCUT2D eigenvalue weighted by Gasteiger charge is 2.32. The number of hydrogen-bond acceptors (Lipinski definition) is 4. The van der Waals surface area contributed by atoms with Gasteiger partial charge in [0.25, 0.3) is 0 Å². The van der Waals surface area contributed by atoms with Crippen molar-refractivity contribution in [2.45, 2.75) is 57.1 Å². The monoisotopic (exact) mass is 308 g/mol. The minimum atomic E-state index is -3.17. The zero-order valence-corrected chi connectivity index (χ0v) is 14.4. The lowest BCUT2D eigenvalue weighted by atomic mass is 10.1. The minimum absolute atomic E-state index is 0.184. The highest BCUT2D eigenvalue weighted by molar-refractivity contribution is 8.00. The molecule has 1 unspecified atom stereocenters. The van der Waals surface area contributed by atoms with E-state index in [4.69, 9.17) is 0 Å². The van der Waals surface area contributed by atoms with Crippen molar-refractivity contribution >= 4 is 21.8 Å². The van der Waals surface area contributed by atoms with Crippen LogP contribution in [0.2, 0.25) is 0 Å². The van der Waals surface area contributed by atoms with E-state index in [2.05, 4.69) is 19.2 Å². The molecular weight excluding hydrogens is 280 g/mol. The Morgan fingerprint density at radius 1 is 1.26 bits per heavy atom. The Hall–Kier alpha value is 0.220. The summed E-state index contributed by atoms with van der Waals surface area (Å²) < 4.78 is 26.9. The topological polar surface area (TPSA) is 49.4 Å². The van der Waals surface area contributed by atoms with Gasteiger partial charge in [-0.15, -0.1) is 0 Å². The second-order valence-electron chi connectivity index (χ2n) is 6.18. The van der Waals surface area contributed by atoms with Gasteiger partial charge in [0, 0.05) is 36.2 Å². The van der Waals surface area contributed by atoms with E-state index in [1.165, 1.54) is 0 Å². The van der Waals surface area contributed by atoms with E-state index >= 15 is 0 Å². The maximum atomic E-state index is 12.5. The third-order valence-electron chi connectivity index (χ3n) is 3.48. The second kappa shape index (κ2) is 6.78. The molecule has 1 aliphatic heterocycles. The summed E-state index contributed by atoms with van der Waals surface area (Å²) in [7, 11) is -3.17. The largest absolute Gasteiger partial charge is 0.313 e. The van der Waals surface area contributed by atoms with E-state index in [0.29, 0.717) is 25.7 Å². The van der Waals surface area contributed by atoms with Crippen molar-refractivity contribution in [3.63, 3.8) is 0 Å². The molecule has 1 N–H and O–H groups in total. The molecule has 1 aliphatic rings. The molecule has 1 saturated heterocycles. The summed E-state index contributed by atoms with van der Waals surface area (Å²) in [6.45, 7) is 12.1. The summed E-state index contributed by atoms with van der Waals surface area (Å²) in [4.78, 5) is 0. The third kappa shape index (κ3) is 5.25. The number of thioether (sulfide) groups is 1. The summed E-state index contributed by atoms with van der Waals surface area (Å²) >= 11 is 1.87. The van der Waals surface area contributed by atoms with E-state index in [0.717, 1.165) is 12.2 Å². The summed E-state index contributed by atoms with van der Waals surface area (Å²) in [6.07, 6.45) is 0.918. The van der Waals surface area contributed by atoms with Crippen LogP contribution in [0.3, 0.4) is 0 Å². The molecule has 6 heteroatoms. The molecule has 0 radical (unpaired) electrons. The molecule has 0 aromatic rings. The Morgan fingerprint density at radius 3 is 2.47 bits per heavy atom. The lowest BCUT2D eigenvalue weighted by Gasteiger charge is -2.25. The van der Waals surface area contributed by atoms with E-state index < -0.39 is 10.0 Å². The number of hydrogen-bond donors (Lipinski definition) is 1. The first-order valence-corrected chi connectivity index (χ1v) is 9.50. The quantitative estimate of drug-likeness (QED) is 0.843. The molecule has 1 rings (SSSR count). The second-order valence-corrected chi connectivity index (χ2v) is 10.3. The summed E-state index contributed by atoms with van der Waals surface area (Å²) in [5.41, 5.74) is 0. The fourth-order valence-corrected chi connectivity index (χ4v) is 4.74. The Bertz CT molecular complexity index is 380. The molecule has 19 heavy (non-hydrogen) atoms. The number of nitrogens with one attached hydrogen (secondary N) is 1. The molecule has 0 aromatic heterocycles. The van der Waals surface area contributed by atoms with Crippen LogP contribution in [0.5, 0.6) is 0 Å². The summed E-state index contributed by atoms with van der Waals surface area (Å²) in [5.74, 6) is 0.885. The summed E-state index contributed by atoms with van der Waals surface area (Å²) in [5, 5.41) is 2.85. The highest BCUT2D eigenvalue weighted by Crippen LogP contribution is 2.31. The van der Waals surface area contributed by atoms with Crippen LogP contribution in [0, 0.1) is 0 Å². The SMILES string of the molecule is CC(C)NCC(C)S(=O)(=O)N1CCSC(C)(C)CC1. The predicted octanol–water partition coefficient (Wildman–Crippen LogP) is 1.92.